The summed E-state index contributed by atoms with van der Waals surface area (Å²) in [5.74, 6) is 0.118. The van der Waals surface area contributed by atoms with Crippen LogP contribution in [0.4, 0.5) is 0 Å². The predicted octanol–water partition coefficient (Wildman–Crippen LogP) is 3.83. The first-order valence-electron chi connectivity index (χ1n) is 10.3. The Bertz CT molecular complexity index is 966. The van der Waals surface area contributed by atoms with Crippen molar-refractivity contribution in [1.82, 2.24) is 15.1 Å². The zero-order valence-corrected chi connectivity index (χ0v) is 20.1. The largest absolute Gasteiger partial charge is 0.340 e. The highest BCUT2D eigenvalue weighted by Crippen LogP contribution is 2.21. The Hall–Kier alpha value is -2.22. The van der Waals surface area contributed by atoms with Gasteiger partial charge in [0.1, 0.15) is 6.04 Å². The van der Waals surface area contributed by atoms with Gasteiger partial charge in [0.15, 0.2) is 0 Å². The number of piperazine rings is 1. The van der Waals surface area contributed by atoms with Crippen molar-refractivity contribution in [3.63, 3.8) is 0 Å². The van der Waals surface area contributed by atoms with Crippen molar-refractivity contribution in [3.05, 3.63) is 69.7 Å². The molecule has 1 aliphatic heterocycles. The first-order chi connectivity index (χ1) is 15.4. The summed E-state index contributed by atoms with van der Waals surface area (Å²) < 4.78 is 0. The summed E-state index contributed by atoms with van der Waals surface area (Å²) in [7, 11) is 0. The Kier molecular flexibility index (Phi) is 8.84. The van der Waals surface area contributed by atoms with Gasteiger partial charge in [-0.3, -0.25) is 14.4 Å². The number of benzene rings is 2. The second-order valence-electron chi connectivity index (χ2n) is 7.42. The molecule has 1 fully saturated rings. The molecule has 0 aliphatic carbocycles. The van der Waals surface area contributed by atoms with E-state index in [1.807, 2.05) is 24.5 Å². The molecule has 0 spiro atoms. The highest BCUT2D eigenvalue weighted by molar-refractivity contribution is 7.98. The average Bonchev–Trinajstić information content (AvgIpc) is 2.81. The number of carbonyl (C=O) groups is 3. The lowest BCUT2D eigenvalue weighted by atomic mass is 10.1. The van der Waals surface area contributed by atoms with Gasteiger partial charge in [0.2, 0.25) is 5.91 Å². The second kappa shape index (κ2) is 11.6. The van der Waals surface area contributed by atoms with Crippen molar-refractivity contribution < 1.29 is 14.4 Å². The van der Waals surface area contributed by atoms with Gasteiger partial charge in [0, 0.05) is 36.8 Å². The Morgan fingerprint density at radius 2 is 1.66 bits per heavy atom. The zero-order valence-electron chi connectivity index (χ0n) is 17.7. The van der Waals surface area contributed by atoms with Crippen molar-refractivity contribution in [2.75, 3.05) is 38.2 Å². The molecule has 170 valence electrons. The van der Waals surface area contributed by atoms with Crippen LogP contribution in [0.1, 0.15) is 27.1 Å². The summed E-state index contributed by atoms with van der Waals surface area (Å²) in [4.78, 5) is 42.1. The molecular formula is C23H25Cl2N3O3S. The maximum atomic E-state index is 13.2. The first-order valence-corrected chi connectivity index (χ1v) is 12.4. The summed E-state index contributed by atoms with van der Waals surface area (Å²) >= 11 is 13.7. The van der Waals surface area contributed by atoms with E-state index in [0.717, 1.165) is 5.75 Å². The number of halogens is 2. The summed E-state index contributed by atoms with van der Waals surface area (Å²) in [6, 6.07) is 13.1. The predicted molar refractivity (Wildman–Crippen MR) is 130 cm³/mol. The highest BCUT2D eigenvalue weighted by atomic mass is 35.5. The van der Waals surface area contributed by atoms with Crippen molar-refractivity contribution >= 4 is 52.7 Å². The zero-order chi connectivity index (χ0) is 23.1. The van der Waals surface area contributed by atoms with E-state index in [1.54, 1.807) is 45.8 Å². The molecule has 0 aromatic heterocycles. The monoisotopic (exact) mass is 493 g/mol. The number of hydrogen-bond donors (Lipinski definition) is 1. The average molecular weight is 494 g/mol. The van der Waals surface area contributed by atoms with E-state index in [1.165, 1.54) is 6.07 Å². The molecule has 3 rings (SSSR count). The van der Waals surface area contributed by atoms with Gasteiger partial charge < -0.3 is 15.1 Å². The molecule has 0 radical (unpaired) electrons. The lowest BCUT2D eigenvalue weighted by molar-refractivity contribution is -0.134. The van der Waals surface area contributed by atoms with Crippen molar-refractivity contribution in [3.8, 4) is 0 Å². The molecule has 1 N–H and O–H groups in total. The maximum Gasteiger partial charge on any atom is 0.253 e. The molecule has 2 aromatic rings. The number of rotatable bonds is 7. The molecule has 3 amide bonds. The minimum Gasteiger partial charge on any atom is -0.340 e. The van der Waals surface area contributed by atoms with Crippen molar-refractivity contribution in [2.24, 2.45) is 0 Å². The van der Waals surface area contributed by atoms with Crippen LogP contribution in [0.5, 0.6) is 0 Å². The third kappa shape index (κ3) is 6.18. The van der Waals surface area contributed by atoms with E-state index >= 15 is 0 Å². The Morgan fingerprint density at radius 1 is 1.00 bits per heavy atom. The molecule has 0 bridgehead atoms. The van der Waals surface area contributed by atoms with E-state index in [2.05, 4.69) is 5.32 Å². The van der Waals surface area contributed by atoms with Gasteiger partial charge in [-0.1, -0.05) is 41.4 Å². The molecule has 1 aliphatic rings. The van der Waals surface area contributed by atoms with Crippen LogP contribution < -0.4 is 5.32 Å². The van der Waals surface area contributed by atoms with Crippen LogP contribution in [0.15, 0.2) is 48.5 Å². The summed E-state index contributed by atoms with van der Waals surface area (Å²) in [5, 5.41) is 3.50. The van der Waals surface area contributed by atoms with Crippen LogP contribution in [0.25, 0.3) is 0 Å². The van der Waals surface area contributed by atoms with Crippen LogP contribution >= 0.6 is 35.0 Å². The number of thioether (sulfide) groups is 1. The van der Waals surface area contributed by atoms with Crippen molar-refractivity contribution in [1.29, 1.82) is 0 Å². The normalized spacial score (nSPS) is 14.7. The molecule has 0 unspecified atom stereocenters. The van der Waals surface area contributed by atoms with Gasteiger partial charge in [-0.2, -0.15) is 11.8 Å². The SMILES string of the molecule is CSCC[C@@H](NC(=O)c1ccc(Cl)cc1Cl)C(=O)N1CCN(C(=O)c2ccccc2)CC1. The van der Waals surface area contributed by atoms with E-state index < -0.39 is 11.9 Å². The van der Waals surface area contributed by atoms with Crippen LogP contribution in [0.2, 0.25) is 10.0 Å². The molecule has 9 heteroatoms. The summed E-state index contributed by atoms with van der Waals surface area (Å²) in [5.41, 5.74) is 0.911. The van der Waals surface area contributed by atoms with Gasteiger partial charge in [-0.05, 0) is 48.8 Å². The number of amides is 3. The number of carbonyl (C=O) groups excluding carboxylic acids is 3. The lowest BCUT2D eigenvalue weighted by Gasteiger charge is -2.36. The minimum absolute atomic E-state index is 0.0395. The number of nitrogens with zero attached hydrogens (tertiary/aromatic N) is 2. The van der Waals surface area contributed by atoms with E-state index in [9.17, 15) is 14.4 Å². The number of nitrogens with one attached hydrogen (secondary N) is 1. The third-order valence-corrected chi connectivity index (χ3v) is 6.48. The van der Waals surface area contributed by atoms with E-state index in [0.29, 0.717) is 43.2 Å². The molecule has 2 aromatic carbocycles. The summed E-state index contributed by atoms with van der Waals surface area (Å²) in [6.45, 7) is 1.74. The quantitative estimate of drug-likeness (QED) is 0.636. The topological polar surface area (TPSA) is 69.7 Å². The molecule has 0 saturated carbocycles. The Morgan fingerprint density at radius 3 is 2.28 bits per heavy atom. The third-order valence-electron chi connectivity index (χ3n) is 5.29. The molecule has 1 atom stereocenters. The summed E-state index contributed by atoms with van der Waals surface area (Å²) in [6.07, 6.45) is 2.45. The second-order valence-corrected chi connectivity index (χ2v) is 9.24. The fourth-order valence-electron chi connectivity index (χ4n) is 3.52. The van der Waals surface area contributed by atoms with Crippen molar-refractivity contribution in [2.45, 2.75) is 12.5 Å². The van der Waals surface area contributed by atoms with Gasteiger partial charge in [-0.25, -0.2) is 0 Å². The van der Waals surface area contributed by atoms with E-state index in [4.69, 9.17) is 23.2 Å². The Labute approximate surface area is 202 Å². The standard InChI is InChI=1S/C23H25Cl2N3O3S/c1-32-14-9-20(26-21(29)18-8-7-17(24)15-19(18)25)23(31)28-12-10-27(11-13-28)22(30)16-5-3-2-4-6-16/h2-8,15,20H,9-14H2,1H3,(H,26,29)/t20-/m1/s1. The molecule has 6 nitrogen and oxygen atoms in total. The van der Waals surface area contributed by atoms with Crippen LogP contribution in [-0.4, -0.2) is 71.8 Å². The first kappa shape index (κ1) is 24.4. The highest BCUT2D eigenvalue weighted by Gasteiger charge is 2.30. The minimum atomic E-state index is -0.668. The van der Waals surface area contributed by atoms with Gasteiger partial charge in [0.25, 0.3) is 11.8 Å². The van der Waals surface area contributed by atoms with Crippen LogP contribution in [-0.2, 0) is 4.79 Å². The fourth-order valence-corrected chi connectivity index (χ4v) is 4.48. The smallest absolute Gasteiger partial charge is 0.253 e. The van der Waals surface area contributed by atoms with Crippen LogP contribution in [0.3, 0.4) is 0 Å². The van der Waals surface area contributed by atoms with Crippen LogP contribution in [0, 0.1) is 0 Å². The maximum absolute atomic E-state index is 13.2. The molecule has 32 heavy (non-hydrogen) atoms. The van der Waals surface area contributed by atoms with Gasteiger partial charge in [-0.15, -0.1) is 0 Å². The lowest BCUT2D eigenvalue weighted by Crippen LogP contribution is -2.56. The molecule has 1 saturated heterocycles. The van der Waals surface area contributed by atoms with E-state index in [-0.39, 0.29) is 22.4 Å². The fraction of sp³-hybridized carbons (Fsp3) is 0.348. The van der Waals surface area contributed by atoms with Gasteiger partial charge in [0.05, 0.1) is 10.6 Å². The Balaban J connectivity index is 1.63. The number of hydrogen-bond acceptors (Lipinski definition) is 4. The molecular weight excluding hydrogens is 469 g/mol. The molecule has 1 heterocycles. The van der Waals surface area contributed by atoms with Gasteiger partial charge >= 0.3 is 0 Å².